The molecule has 4 nitrogen and oxygen atoms in total. The van der Waals surface area contributed by atoms with E-state index in [1.807, 2.05) is 56.3 Å². The Balaban J connectivity index is 1.78. The van der Waals surface area contributed by atoms with Gasteiger partial charge in [-0.3, -0.25) is 4.90 Å². The Morgan fingerprint density at radius 1 is 0.967 bits per heavy atom. The largest absolute Gasteiger partial charge is 0.496 e. The van der Waals surface area contributed by atoms with E-state index in [0.29, 0.717) is 12.3 Å². The predicted molar refractivity (Wildman–Crippen MR) is 119 cm³/mol. The monoisotopic (exact) mass is 403 g/mol. The molecule has 1 heterocycles. The highest BCUT2D eigenvalue weighted by Crippen LogP contribution is 2.43. The summed E-state index contributed by atoms with van der Waals surface area (Å²) in [5, 5.41) is 12.1. The highest BCUT2D eigenvalue weighted by molar-refractivity contribution is 5.51. The van der Waals surface area contributed by atoms with Gasteiger partial charge in [0.2, 0.25) is 0 Å². The van der Waals surface area contributed by atoms with Gasteiger partial charge in [-0.25, -0.2) is 0 Å². The molecular weight excluding hydrogens is 374 g/mol. The minimum Gasteiger partial charge on any atom is -0.496 e. The summed E-state index contributed by atoms with van der Waals surface area (Å²) in [7, 11) is 1.64. The molecule has 1 N–H and O–H groups in total. The second-order valence-electron chi connectivity index (χ2n) is 8.18. The number of aliphatic hydroxyl groups is 1. The Morgan fingerprint density at radius 2 is 1.70 bits per heavy atom. The van der Waals surface area contributed by atoms with Crippen molar-refractivity contribution in [3.05, 3.63) is 95.1 Å². The van der Waals surface area contributed by atoms with Gasteiger partial charge in [0, 0.05) is 25.2 Å². The highest BCUT2D eigenvalue weighted by Gasteiger charge is 2.41. The number of ether oxygens (including phenoxy) is 2. The number of rotatable bonds is 6. The van der Waals surface area contributed by atoms with Crippen LogP contribution in [-0.4, -0.2) is 29.8 Å². The standard InChI is InChI=1S/C26H29NO3/c1-19(2)30-22-13-14-25(29-3)24(15-22)26(28)18-27(16-20-9-5-4-6-10-20)17-21-11-7-8-12-23(21)26/h4-15,19,28H,16-18H2,1-3H3. The summed E-state index contributed by atoms with van der Waals surface area (Å²) in [6.07, 6.45) is 0.0501. The summed E-state index contributed by atoms with van der Waals surface area (Å²) in [6, 6.07) is 24.2. The minimum atomic E-state index is -1.20. The number of hydrogen-bond donors (Lipinski definition) is 1. The summed E-state index contributed by atoms with van der Waals surface area (Å²) < 4.78 is 11.6. The molecule has 0 spiro atoms. The number of hydrogen-bond acceptors (Lipinski definition) is 4. The third-order valence-electron chi connectivity index (χ3n) is 5.55. The lowest BCUT2D eigenvalue weighted by molar-refractivity contribution is 0.0134. The number of nitrogens with zero attached hydrogens (tertiary/aromatic N) is 1. The maximum Gasteiger partial charge on any atom is 0.131 e. The van der Waals surface area contributed by atoms with Gasteiger partial charge >= 0.3 is 0 Å². The zero-order valence-electron chi connectivity index (χ0n) is 17.8. The first-order valence-corrected chi connectivity index (χ1v) is 10.4. The van der Waals surface area contributed by atoms with Gasteiger partial charge in [-0.15, -0.1) is 0 Å². The molecule has 0 saturated carbocycles. The van der Waals surface area contributed by atoms with Crippen molar-refractivity contribution in [1.29, 1.82) is 0 Å². The van der Waals surface area contributed by atoms with Crippen LogP contribution in [0.25, 0.3) is 0 Å². The quantitative estimate of drug-likeness (QED) is 0.646. The molecule has 156 valence electrons. The zero-order valence-corrected chi connectivity index (χ0v) is 17.8. The molecule has 0 bridgehead atoms. The summed E-state index contributed by atoms with van der Waals surface area (Å²) in [5.74, 6) is 1.39. The zero-order chi connectivity index (χ0) is 21.1. The van der Waals surface area contributed by atoms with Gasteiger partial charge in [-0.2, -0.15) is 0 Å². The average molecular weight is 404 g/mol. The predicted octanol–water partition coefficient (Wildman–Crippen LogP) is 4.73. The molecule has 0 aromatic heterocycles. The summed E-state index contributed by atoms with van der Waals surface area (Å²) in [4.78, 5) is 2.28. The van der Waals surface area contributed by atoms with Crippen LogP contribution in [0, 0.1) is 0 Å². The van der Waals surface area contributed by atoms with Crippen LogP contribution in [0.15, 0.2) is 72.8 Å². The third-order valence-corrected chi connectivity index (χ3v) is 5.55. The van der Waals surface area contributed by atoms with Crippen LogP contribution < -0.4 is 9.47 Å². The third kappa shape index (κ3) is 4.07. The van der Waals surface area contributed by atoms with E-state index in [1.165, 1.54) is 5.56 Å². The minimum absolute atomic E-state index is 0.0501. The molecule has 4 heteroatoms. The lowest BCUT2D eigenvalue weighted by Crippen LogP contribution is -2.46. The lowest BCUT2D eigenvalue weighted by Gasteiger charge is -2.41. The van der Waals surface area contributed by atoms with E-state index in [-0.39, 0.29) is 6.10 Å². The molecule has 0 saturated heterocycles. The molecule has 4 rings (SSSR count). The van der Waals surface area contributed by atoms with Crippen LogP contribution in [0.1, 0.15) is 36.1 Å². The van der Waals surface area contributed by atoms with Gasteiger partial charge in [0.25, 0.3) is 0 Å². The molecule has 0 aliphatic carbocycles. The normalized spacial score (nSPS) is 18.8. The molecule has 1 unspecified atom stereocenters. The maximum absolute atomic E-state index is 12.1. The van der Waals surface area contributed by atoms with Crippen molar-refractivity contribution < 1.29 is 14.6 Å². The SMILES string of the molecule is COc1ccc(OC(C)C)cc1C1(O)CN(Cc2ccccc2)Cc2ccccc21. The van der Waals surface area contributed by atoms with Crippen molar-refractivity contribution >= 4 is 0 Å². The van der Waals surface area contributed by atoms with Crippen LogP contribution in [-0.2, 0) is 18.7 Å². The fourth-order valence-electron chi connectivity index (χ4n) is 4.31. The fourth-order valence-corrected chi connectivity index (χ4v) is 4.31. The molecule has 3 aromatic rings. The van der Waals surface area contributed by atoms with E-state index < -0.39 is 5.60 Å². The van der Waals surface area contributed by atoms with Crippen molar-refractivity contribution in [3.63, 3.8) is 0 Å². The second-order valence-corrected chi connectivity index (χ2v) is 8.18. The first-order valence-electron chi connectivity index (χ1n) is 10.4. The van der Waals surface area contributed by atoms with Gasteiger partial charge in [-0.1, -0.05) is 54.6 Å². The van der Waals surface area contributed by atoms with Gasteiger partial charge < -0.3 is 14.6 Å². The molecule has 30 heavy (non-hydrogen) atoms. The van der Waals surface area contributed by atoms with Crippen LogP contribution >= 0.6 is 0 Å². The van der Waals surface area contributed by atoms with E-state index in [1.54, 1.807) is 7.11 Å². The lowest BCUT2D eigenvalue weighted by atomic mass is 9.79. The van der Waals surface area contributed by atoms with E-state index in [0.717, 1.165) is 35.5 Å². The van der Waals surface area contributed by atoms with Crippen molar-refractivity contribution in [2.45, 2.75) is 38.6 Å². The number of fused-ring (bicyclic) bond motifs is 1. The second kappa shape index (κ2) is 8.50. The number of benzene rings is 3. The van der Waals surface area contributed by atoms with Crippen molar-refractivity contribution in [1.82, 2.24) is 4.90 Å². The molecule has 0 amide bonds. The molecular formula is C26H29NO3. The summed E-state index contributed by atoms with van der Waals surface area (Å²) in [5.41, 5.74) is 2.80. The van der Waals surface area contributed by atoms with E-state index in [4.69, 9.17) is 9.47 Å². The van der Waals surface area contributed by atoms with Crippen molar-refractivity contribution in [2.75, 3.05) is 13.7 Å². The number of methoxy groups -OCH3 is 1. The van der Waals surface area contributed by atoms with Gasteiger partial charge in [-0.05, 0) is 48.7 Å². The van der Waals surface area contributed by atoms with Gasteiger partial charge in [0.15, 0.2) is 0 Å². The fraction of sp³-hybridized carbons (Fsp3) is 0.308. The Morgan fingerprint density at radius 3 is 2.43 bits per heavy atom. The average Bonchev–Trinajstić information content (AvgIpc) is 2.74. The highest BCUT2D eigenvalue weighted by atomic mass is 16.5. The summed E-state index contributed by atoms with van der Waals surface area (Å²) in [6.45, 7) is 6.02. The Labute approximate surface area is 178 Å². The van der Waals surface area contributed by atoms with Crippen LogP contribution in [0.3, 0.4) is 0 Å². The topological polar surface area (TPSA) is 41.9 Å². The summed E-state index contributed by atoms with van der Waals surface area (Å²) >= 11 is 0. The Bertz CT molecular complexity index is 1000. The Kier molecular flexibility index (Phi) is 5.80. The molecule has 3 aromatic carbocycles. The van der Waals surface area contributed by atoms with E-state index >= 15 is 0 Å². The van der Waals surface area contributed by atoms with Gasteiger partial charge in [0.05, 0.1) is 13.2 Å². The number of β-amino-alcohol motifs (C(OH)–C–C–N with tert-alkyl or cyclic N) is 1. The van der Waals surface area contributed by atoms with Crippen molar-refractivity contribution in [2.24, 2.45) is 0 Å². The smallest absolute Gasteiger partial charge is 0.131 e. The molecule has 0 fully saturated rings. The molecule has 1 aliphatic rings. The first kappa shape index (κ1) is 20.5. The van der Waals surface area contributed by atoms with Crippen LogP contribution in [0.5, 0.6) is 11.5 Å². The molecule has 1 atom stereocenters. The molecule has 1 aliphatic heterocycles. The van der Waals surface area contributed by atoms with Gasteiger partial charge in [0.1, 0.15) is 17.1 Å². The first-order chi connectivity index (χ1) is 14.5. The van der Waals surface area contributed by atoms with Crippen molar-refractivity contribution in [3.8, 4) is 11.5 Å². The maximum atomic E-state index is 12.1. The van der Waals surface area contributed by atoms with E-state index in [2.05, 4.69) is 35.2 Å². The van der Waals surface area contributed by atoms with Crippen LogP contribution in [0.2, 0.25) is 0 Å². The Hall–Kier alpha value is -2.82. The van der Waals surface area contributed by atoms with Crippen LogP contribution in [0.4, 0.5) is 0 Å². The molecule has 0 radical (unpaired) electrons. The van der Waals surface area contributed by atoms with E-state index in [9.17, 15) is 5.11 Å².